The fourth-order valence-corrected chi connectivity index (χ4v) is 2.00. The minimum Gasteiger partial charge on any atom is -0.449 e. The van der Waals surface area contributed by atoms with E-state index in [0.29, 0.717) is 11.3 Å². The van der Waals surface area contributed by atoms with Gasteiger partial charge in [0, 0.05) is 11.8 Å². The molecular formula is C18H15ClFNO3. The van der Waals surface area contributed by atoms with E-state index < -0.39 is 23.8 Å². The first-order valence-electron chi connectivity index (χ1n) is 7.15. The van der Waals surface area contributed by atoms with Gasteiger partial charge in [0.1, 0.15) is 5.82 Å². The van der Waals surface area contributed by atoms with Crippen LogP contribution >= 0.6 is 11.6 Å². The summed E-state index contributed by atoms with van der Waals surface area (Å²) in [6.45, 7) is 1.47. The van der Waals surface area contributed by atoms with Gasteiger partial charge in [-0.25, -0.2) is 9.18 Å². The largest absolute Gasteiger partial charge is 0.449 e. The van der Waals surface area contributed by atoms with E-state index in [0.717, 1.165) is 6.08 Å². The maximum Gasteiger partial charge on any atom is 0.331 e. The molecule has 2 aromatic rings. The van der Waals surface area contributed by atoms with Crippen LogP contribution in [-0.2, 0) is 14.3 Å². The van der Waals surface area contributed by atoms with Crippen LogP contribution in [0.2, 0.25) is 5.02 Å². The Bertz CT molecular complexity index is 762. The van der Waals surface area contributed by atoms with E-state index in [9.17, 15) is 14.0 Å². The van der Waals surface area contributed by atoms with Gasteiger partial charge >= 0.3 is 5.97 Å². The minimum atomic E-state index is -0.959. The third-order valence-corrected chi connectivity index (χ3v) is 3.35. The molecule has 1 amide bonds. The van der Waals surface area contributed by atoms with E-state index in [-0.39, 0.29) is 5.02 Å². The van der Waals surface area contributed by atoms with Crippen LogP contribution in [0.15, 0.2) is 54.6 Å². The molecular weight excluding hydrogens is 333 g/mol. The number of anilines is 1. The number of rotatable bonds is 5. The van der Waals surface area contributed by atoms with Gasteiger partial charge in [-0.15, -0.1) is 0 Å². The van der Waals surface area contributed by atoms with Crippen molar-refractivity contribution in [2.45, 2.75) is 13.0 Å². The van der Waals surface area contributed by atoms with E-state index in [1.54, 1.807) is 24.3 Å². The predicted molar refractivity (Wildman–Crippen MR) is 91.1 cm³/mol. The fourth-order valence-electron chi connectivity index (χ4n) is 1.81. The SMILES string of the molecule is C[C@@H](OC(=O)/C=C/c1ccc(F)c(Cl)c1)C(=O)Nc1ccccc1. The van der Waals surface area contributed by atoms with Gasteiger partial charge in [0.25, 0.3) is 5.91 Å². The zero-order valence-electron chi connectivity index (χ0n) is 12.8. The predicted octanol–water partition coefficient (Wildman–Crippen LogP) is 4.06. The summed E-state index contributed by atoms with van der Waals surface area (Å²) < 4.78 is 18.1. The van der Waals surface area contributed by atoms with Crippen molar-refractivity contribution in [3.05, 3.63) is 71.0 Å². The first kappa shape index (κ1) is 17.7. The van der Waals surface area contributed by atoms with E-state index >= 15 is 0 Å². The Kier molecular flexibility index (Phi) is 6.09. The third-order valence-electron chi connectivity index (χ3n) is 3.06. The van der Waals surface area contributed by atoms with Crippen molar-refractivity contribution >= 4 is 35.2 Å². The van der Waals surface area contributed by atoms with E-state index in [1.807, 2.05) is 6.07 Å². The van der Waals surface area contributed by atoms with Gasteiger partial charge in [-0.05, 0) is 42.8 Å². The molecule has 0 aliphatic heterocycles. The lowest BCUT2D eigenvalue weighted by atomic mass is 10.2. The molecule has 0 spiro atoms. The van der Waals surface area contributed by atoms with E-state index in [2.05, 4.69) is 5.32 Å². The van der Waals surface area contributed by atoms with Gasteiger partial charge in [0.15, 0.2) is 6.10 Å². The standard InChI is InChI=1S/C18H15ClFNO3/c1-12(18(23)21-14-5-3-2-4-6-14)24-17(22)10-8-13-7-9-16(20)15(19)11-13/h2-12H,1H3,(H,21,23)/b10-8+/t12-/m1/s1. The van der Waals surface area contributed by atoms with Crippen molar-refractivity contribution < 1.29 is 18.7 Å². The molecule has 0 saturated heterocycles. The fraction of sp³-hybridized carbons (Fsp3) is 0.111. The van der Waals surface area contributed by atoms with Crippen LogP contribution in [0, 0.1) is 5.82 Å². The van der Waals surface area contributed by atoms with Crippen molar-refractivity contribution in [3.8, 4) is 0 Å². The highest BCUT2D eigenvalue weighted by Crippen LogP contribution is 2.17. The smallest absolute Gasteiger partial charge is 0.331 e. The molecule has 0 saturated carbocycles. The van der Waals surface area contributed by atoms with Crippen molar-refractivity contribution in [1.29, 1.82) is 0 Å². The van der Waals surface area contributed by atoms with Crippen molar-refractivity contribution in [2.24, 2.45) is 0 Å². The molecule has 2 aromatic carbocycles. The molecule has 0 radical (unpaired) electrons. The second-order valence-corrected chi connectivity index (χ2v) is 5.35. The number of hydrogen-bond donors (Lipinski definition) is 1. The molecule has 4 nitrogen and oxygen atoms in total. The number of carbonyl (C=O) groups is 2. The number of benzene rings is 2. The first-order valence-corrected chi connectivity index (χ1v) is 7.53. The summed E-state index contributed by atoms with van der Waals surface area (Å²) in [5.74, 6) is -1.67. The van der Waals surface area contributed by atoms with Gasteiger partial charge in [-0.2, -0.15) is 0 Å². The summed E-state index contributed by atoms with van der Waals surface area (Å²) >= 11 is 5.65. The van der Waals surface area contributed by atoms with Gasteiger partial charge in [0.2, 0.25) is 0 Å². The average Bonchev–Trinajstić information content (AvgIpc) is 2.56. The molecule has 0 aliphatic carbocycles. The summed E-state index contributed by atoms with van der Waals surface area (Å²) in [6.07, 6.45) is 1.62. The number of nitrogens with one attached hydrogen (secondary N) is 1. The Morgan fingerprint density at radius 2 is 1.92 bits per heavy atom. The maximum absolute atomic E-state index is 13.0. The molecule has 0 fully saturated rings. The monoisotopic (exact) mass is 347 g/mol. The topological polar surface area (TPSA) is 55.4 Å². The quantitative estimate of drug-likeness (QED) is 0.655. The Morgan fingerprint density at radius 1 is 1.21 bits per heavy atom. The van der Waals surface area contributed by atoms with E-state index in [4.69, 9.17) is 16.3 Å². The summed E-state index contributed by atoms with van der Waals surface area (Å²) in [5.41, 5.74) is 1.15. The summed E-state index contributed by atoms with van der Waals surface area (Å²) in [5, 5.41) is 2.59. The number of esters is 1. The number of ether oxygens (including phenoxy) is 1. The second-order valence-electron chi connectivity index (χ2n) is 4.94. The molecule has 6 heteroatoms. The molecule has 24 heavy (non-hydrogen) atoms. The minimum absolute atomic E-state index is 0.0406. The number of halogens is 2. The highest BCUT2D eigenvalue weighted by atomic mass is 35.5. The van der Waals surface area contributed by atoms with E-state index in [1.165, 1.54) is 31.2 Å². The number of amides is 1. The molecule has 0 heterocycles. The first-order chi connectivity index (χ1) is 11.5. The van der Waals surface area contributed by atoms with Crippen LogP contribution in [0.3, 0.4) is 0 Å². The second kappa shape index (κ2) is 8.26. The van der Waals surface area contributed by atoms with Gasteiger partial charge in [0.05, 0.1) is 5.02 Å². The molecule has 0 bridgehead atoms. The average molecular weight is 348 g/mol. The Labute approximate surface area is 143 Å². The highest BCUT2D eigenvalue weighted by molar-refractivity contribution is 6.30. The van der Waals surface area contributed by atoms with Gasteiger partial charge in [-0.1, -0.05) is 35.9 Å². The number of hydrogen-bond acceptors (Lipinski definition) is 3. The molecule has 1 atom stereocenters. The Balaban J connectivity index is 1.89. The zero-order valence-corrected chi connectivity index (χ0v) is 13.6. The van der Waals surface area contributed by atoms with Gasteiger partial charge in [-0.3, -0.25) is 4.79 Å². The lowest BCUT2D eigenvalue weighted by Gasteiger charge is -2.12. The van der Waals surface area contributed by atoms with Crippen LogP contribution in [0.5, 0.6) is 0 Å². The molecule has 0 aromatic heterocycles. The van der Waals surface area contributed by atoms with Crippen molar-refractivity contribution in [2.75, 3.05) is 5.32 Å². The molecule has 0 aliphatic rings. The normalized spacial score (nSPS) is 12.0. The van der Waals surface area contributed by atoms with Crippen LogP contribution in [0.25, 0.3) is 6.08 Å². The number of para-hydroxylation sites is 1. The van der Waals surface area contributed by atoms with Crippen LogP contribution in [-0.4, -0.2) is 18.0 Å². The Hall–Kier alpha value is -2.66. The molecule has 124 valence electrons. The molecule has 0 unspecified atom stereocenters. The van der Waals surface area contributed by atoms with Crippen molar-refractivity contribution in [3.63, 3.8) is 0 Å². The lowest BCUT2D eigenvalue weighted by molar-refractivity contribution is -0.148. The zero-order chi connectivity index (χ0) is 17.5. The maximum atomic E-state index is 13.0. The summed E-state index contributed by atoms with van der Waals surface area (Å²) in [4.78, 5) is 23.7. The third kappa shape index (κ3) is 5.21. The molecule has 1 N–H and O–H groups in total. The van der Waals surface area contributed by atoms with Crippen molar-refractivity contribution in [1.82, 2.24) is 0 Å². The lowest BCUT2D eigenvalue weighted by Crippen LogP contribution is -2.29. The van der Waals surface area contributed by atoms with Gasteiger partial charge < -0.3 is 10.1 Å². The highest BCUT2D eigenvalue weighted by Gasteiger charge is 2.16. The number of carbonyl (C=O) groups excluding carboxylic acids is 2. The van der Waals surface area contributed by atoms with Crippen LogP contribution in [0.1, 0.15) is 12.5 Å². The Morgan fingerprint density at radius 3 is 2.58 bits per heavy atom. The van der Waals surface area contributed by atoms with Crippen LogP contribution in [0.4, 0.5) is 10.1 Å². The van der Waals surface area contributed by atoms with Crippen LogP contribution < -0.4 is 5.32 Å². The summed E-state index contributed by atoms with van der Waals surface area (Å²) in [6, 6.07) is 12.9. The molecule has 2 rings (SSSR count). The summed E-state index contributed by atoms with van der Waals surface area (Å²) in [7, 11) is 0.